The molecule has 0 saturated carbocycles. The van der Waals surface area contributed by atoms with Crippen molar-refractivity contribution in [2.75, 3.05) is 19.6 Å². The molecule has 2 N–H and O–H groups in total. The lowest BCUT2D eigenvalue weighted by molar-refractivity contribution is -0.118. The Kier molecular flexibility index (Phi) is 5.29. The first-order valence-electron chi connectivity index (χ1n) is 5.38. The number of hydrogen-bond donors (Lipinski definition) is 2. The molecule has 0 atom stereocenters. The van der Waals surface area contributed by atoms with E-state index in [4.69, 9.17) is 0 Å². The standard InChI is InChI=1S/C13H18N2O/c1-11(13-6-4-3-5-7-13)10-14-8-9-15-12(2)16/h3-7,14H,1,8-10H2,2H3,(H,15,16). The molecule has 0 aliphatic carbocycles. The zero-order valence-electron chi connectivity index (χ0n) is 9.62. The zero-order chi connectivity index (χ0) is 11.8. The Morgan fingerprint density at radius 2 is 1.94 bits per heavy atom. The van der Waals surface area contributed by atoms with Crippen molar-refractivity contribution in [3.63, 3.8) is 0 Å². The molecule has 0 aliphatic heterocycles. The topological polar surface area (TPSA) is 41.1 Å². The van der Waals surface area contributed by atoms with E-state index in [2.05, 4.69) is 17.2 Å². The number of hydrogen-bond acceptors (Lipinski definition) is 2. The average Bonchev–Trinajstić information content (AvgIpc) is 2.29. The van der Waals surface area contributed by atoms with E-state index in [-0.39, 0.29) is 5.91 Å². The van der Waals surface area contributed by atoms with Crippen molar-refractivity contribution in [1.29, 1.82) is 0 Å². The van der Waals surface area contributed by atoms with Crippen LogP contribution in [0.1, 0.15) is 12.5 Å². The van der Waals surface area contributed by atoms with E-state index >= 15 is 0 Å². The maximum atomic E-state index is 10.6. The van der Waals surface area contributed by atoms with Crippen molar-refractivity contribution in [3.05, 3.63) is 42.5 Å². The molecule has 0 radical (unpaired) electrons. The van der Waals surface area contributed by atoms with Gasteiger partial charge in [0.1, 0.15) is 0 Å². The summed E-state index contributed by atoms with van der Waals surface area (Å²) in [5, 5.41) is 5.95. The lowest BCUT2D eigenvalue weighted by Crippen LogP contribution is -2.30. The molecule has 0 spiro atoms. The molecule has 3 heteroatoms. The number of carbonyl (C=O) groups is 1. The lowest BCUT2D eigenvalue weighted by Gasteiger charge is -2.08. The van der Waals surface area contributed by atoms with Gasteiger partial charge in [0.2, 0.25) is 5.91 Å². The number of carbonyl (C=O) groups excluding carboxylic acids is 1. The van der Waals surface area contributed by atoms with Gasteiger partial charge in [0.05, 0.1) is 0 Å². The van der Waals surface area contributed by atoms with Crippen molar-refractivity contribution in [2.24, 2.45) is 0 Å². The third-order valence-corrected chi connectivity index (χ3v) is 2.20. The summed E-state index contributed by atoms with van der Waals surface area (Å²) in [4.78, 5) is 10.6. The third-order valence-electron chi connectivity index (χ3n) is 2.20. The van der Waals surface area contributed by atoms with Crippen LogP contribution in [0, 0.1) is 0 Å². The molecule has 0 fully saturated rings. The largest absolute Gasteiger partial charge is 0.355 e. The first-order valence-corrected chi connectivity index (χ1v) is 5.38. The minimum Gasteiger partial charge on any atom is -0.355 e. The highest BCUT2D eigenvalue weighted by molar-refractivity contribution is 5.72. The predicted octanol–water partition coefficient (Wildman–Crippen LogP) is 1.43. The van der Waals surface area contributed by atoms with Gasteiger partial charge in [-0.15, -0.1) is 0 Å². The number of rotatable bonds is 6. The van der Waals surface area contributed by atoms with Crippen LogP contribution >= 0.6 is 0 Å². The lowest BCUT2D eigenvalue weighted by atomic mass is 10.1. The van der Waals surface area contributed by atoms with Gasteiger partial charge >= 0.3 is 0 Å². The van der Waals surface area contributed by atoms with Crippen LogP contribution < -0.4 is 10.6 Å². The summed E-state index contributed by atoms with van der Waals surface area (Å²) in [7, 11) is 0. The van der Waals surface area contributed by atoms with Gasteiger partial charge in [-0.25, -0.2) is 0 Å². The highest BCUT2D eigenvalue weighted by Crippen LogP contribution is 2.09. The van der Waals surface area contributed by atoms with E-state index in [1.807, 2.05) is 30.3 Å². The Morgan fingerprint density at radius 1 is 1.25 bits per heavy atom. The Labute approximate surface area is 96.6 Å². The molecule has 1 rings (SSSR count). The summed E-state index contributed by atoms with van der Waals surface area (Å²) in [5.74, 6) is 0.00341. The van der Waals surface area contributed by atoms with Crippen LogP contribution in [0.15, 0.2) is 36.9 Å². The summed E-state index contributed by atoms with van der Waals surface area (Å²) >= 11 is 0. The number of nitrogens with one attached hydrogen (secondary N) is 2. The van der Waals surface area contributed by atoms with Crippen molar-refractivity contribution in [3.8, 4) is 0 Å². The van der Waals surface area contributed by atoms with E-state index in [0.717, 1.165) is 24.2 Å². The van der Waals surface area contributed by atoms with Crippen molar-refractivity contribution in [2.45, 2.75) is 6.92 Å². The molecular formula is C13H18N2O. The molecular weight excluding hydrogens is 200 g/mol. The molecule has 16 heavy (non-hydrogen) atoms. The summed E-state index contributed by atoms with van der Waals surface area (Å²) in [5.41, 5.74) is 2.21. The predicted molar refractivity (Wildman–Crippen MR) is 67.0 cm³/mol. The minimum atomic E-state index is 0.00341. The average molecular weight is 218 g/mol. The summed E-state index contributed by atoms with van der Waals surface area (Å²) in [6, 6.07) is 10.1. The number of amides is 1. The van der Waals surface area contributed by atoms with Gasteiger partial charge in [-0.3, -0.25) is 4.79 Å². The molecule has 0 aliphatic rings. The smallest absolute Gasteiger partial charge is 0.216 e. The second kappa shape index (κ2) is 6.80. The van der Waals surface area contributed by atoms with E-state index in [1.54, 1.807) is 0 Å². The fraction of sp³-hybridized carbons (Fsp3) is 0.308. The minimum absolute atomic E-state index is 0.00341. The molecule has 1 amide bonds. The molecule has 0 heterocycles. The molecule has 0 unspecified atom stereocenters. The number of benzene rings is 1. The van der Waals surface area contributed by atoms with Crippen molar-refractivity contribution in [1.82, 2.24) is 10.6 Å². The highest BCUT2D eigenvalue weighted by Gasteiger charge is 1.97. The van der Waals surface area contributed by atoms with Crippen LogP contribution in [-0.4, -0.2) is 25.5 Å². The van der Waals surface area contributed by atoms with Gasteiger partial charge in [-0.05, 0) is 11.1 Å². The summed E-state index contributed by atoms with van der Waals surface area (Å²) < 4.78 is 0. The van der Waals surface area contributed by atoms with Crippen LogP contribution in [-0.2, 0) is 4.79 Å². The van der Waals surface area contributed by atoms with Gasteiger partial charge in [0, 0.05) is 26.6 Å². The molecule has 0 bridgehead atoms. The quantitative estimate of drug-likeness (QED) is 0.709. The first-order chi connectivity index (χ1) is 7.70. The maximum Gasteiger partial charge on any atom is 0.216 e. The van der Waals surface area contributed by atoms with Crippen molar-refractivity contribution < 1.29 is 4.79 Å². The Morgan fingerprint density at radius 3 is 2.56 bits per heavy atom. The second-order valence-electron chi connectivity index (χ2n) is 3.63. The van der Waals surface area contributed by atoms with Crippen LogP contribution in [0.2, 0.25) is 0 Å². The van der Waals surface area contributed by atoms with Gasteiger partial charge in [-0.1, -0.05) is 36.9 Å². The fourth-order valence-corrected chi connectivity index (χ4v) is 1.34. The summed E-state index contributed by atoms with van der Waals surface area (Å²) in [6.45, 7) is 7.67. The Balaban J connectivity index is 2.19. The summed E-state index contributed by atoms with van der Waals surface area (Å²) in [6.07, 6.45) is 0. The Hall–Kier alpha value is -1.61. The van der Waals surface area contributed by atoms with Crippen LogP contribution in [0.4, 0.5) is 0 Å². The van der Waals surface area contributed by atoms with E-state index < -0.39 is 0 Å². The van der Waals surface area contributed by atoms with E-state index in [1.165, 1.54) is 6.92 Å². The van der Waals surface area contributed by atoms with Gasteiger partial charge in [0.25, 0.3) is 0 Å². The zero-order valence-corrected chi connectivity index (χ0v) is 9.62. The second-order valence-corrected chi connectivity index (χ2v) is 3.63. The van der Waals surface area contributed by atoms with Gasteiger partial charge < -0.3 is 10.6 Å². The Bertz CT molecular complexity index is 346. The molecule has 0 aromatic heterocycles. The molecule has 86 valence electrons. The van der Waals surface area contributed by atoms with E-state index in [0.29, 0.717) is 6.54 Å². The van der Waals surface area contributed by atoms with Gasteiger partial charge in [0.15, 0.2) is 0 Å². The molecule has 1 aromatic rings. The maximum absolute atomic E-state index is 10.6. The van der Waals surface area contributed by atoms with Crippen LogP contribution in [0.3, 0.4) is 0 Å². The molecule has 3 nitrogen and oxygen atoms in total. The monoisotopic (exact) mass is 218 g/mol. The van der Waals surface area contributed by atoms with Crippen LogP contribution in [0.5, 0.6) is 0 Å². The van der Waals surface area contributed by atoms with Crippen molar-refractivity contribution >= 4 is 11.5 Å². The molecule has 1 aromatic carbocycles. The fourth-order valence-electron chi connectivity index (χ4n) is 1.34. The van der Waals surface area contributed by atoms with Gasteiger partial charge in [-0.2, -0.15) is 0 Å². The SMILES string of the molecule is C=C(CNCCNC(C)=O)c1ccccc1. The highest BCUT2D eigenvalue weighted by atomic mass is 16.1. The third kappa shape index (κ3) is 4.75. The first kappa shape index (κ1) is 12.5. The molecule has 0 saturated heterocycles. The van der Waals surface area contributed by atoms with E-state index in [9.17, 15) is 4.79 Å². The van der Waals surface area contributed by atoms with Crippen LogP contribution in [0.25, 0.3) is 5.57 Å². The normalized spacial score (nSPS) is 9.81.